The zero-order valence-electron chi connectivity index (χ0n) is 13.3. The molecule has 0 saturated heterocycles. The quantitative estimate of drug-likeness (QED) is 0.757. The van der Waals surface area contributed by atoms with E-state index in [0.29, 0.717) is 23.3 Å². The molecule has 2 heterocycles. The summed E-state index contributed by atoms with van der Waals surface area (Å²) in [5, 5.41) is 3.81. The number of aromatic amines is 1. The van der Waals surface area contributed by atoms with E-state index < -0.39 is 0 Å². The third-order valence-corrected chi connectivity index (χ3v) is 3.47. The molecule has 3 aromatic rings. The molecule has 2 aromatic heterocycles. The van der Waals surface area contributed by atoms with Crippen molar-refractivity contribution in [2.45, 2.75) is 33.2 Å². The van der Waals surface area contributed by atoms with E-state index in [1.54, 1.807) is 6.07 Å². The van der Waals surface area contributed by atoms with Crippen molar-refractivity contribution in [3.63, 3.8) is 0 Å². The van der Waals surface area contributed by atoms with Crippen LogP contribution in [-0.2, 0) is 13.0 Å². The molecule has 0 saturated carbocycles. The molecular weight excluding hydrogens is 290 g/mol. The lowest BCUT2D eigenvalue weighted by molar-refractivity contribution is 0.822. The molecule has 0 atom stereocenters. The summed E-state index contributed by atoms with van der Waals surface area (Å²) in [6.45, 7) is 4.45. The van der Waals surface area contributed by atoms with Gasteiger partial charge in [0.15, 0.2) is 0 Å². The van der Waals surface area contributed by atoms with E-state index in [0.717, 1.165) is 30.2 Å². The number of hydrogen-bond donors (Lipinski definition) is 2. The average molecular weight is 309 g/mol. The average Bonchev–Trinajstić information content (AvgIpc) is 2.53. The van der Waals surface area contributed by atoms with E-state index in [1.165, 1.54) is 0 Å². The van der Waals surface area contributed by atoms with Gasteiger partial charge in [-0.15, -0.1) is 0 Å². The Labute approximate surface area is 134 Å². The van der Waals surface area contributed by atoms with Gasteiger partial charge in [0, 0.05) is 18.2 Å². The minimum absolute atomic E-state index is 0.127. The topological polar surface area (TPSA) is 83.6 Å². The predicted molar refractivity (Wildman–Crippen MR) is 90.5 cm³/mol. The van der Waals surface area contributed by atoms with Gasteiger partial charge in [0.2, 0.25) is 0 Å². The Kier molecular flexibility index (Phi) is 4.32. The maximum absolute atomic E-state index is 12.1. The highest BCUT2D eigenvalue weighted by molar-refractivity contribution is 5.77. The Bertz CT molecular complexity index is 888. The van der Waals surface area contributed by atoms with Crippen LogP contribution in [0.2, 0.25) is 0 Å². The fourth-order valence-electron chi connectivity index (χ4n) is 2.45. The number of nitrogens with zero attached hydrogens (tertiary/aromatic N) is 3. The van der Waals surface area contributed by atoms with Crippen molar-refractivity contribution in [3.05, 3.63) is 58.0 Å². The van der Waals surface area contributed by atoms with Crippen LogP contribution in [0, 0.1) is 6.92 Å². The predicted octanol–water partition coefficient (Wildman–Crippen LogP) is 2.59. The van der Waals surface area contributed by atoms with Crippen LogP contribution in [0.4, 0.5) is 5.82 Å². The molecule has 6 nitrogen and oxygen atoms in total. The lowest BCUT2D eigenvalue weighted by Crippen LogP contribution is -2.15. The van der Waals surface area contributed by atoms with E-state index >= 15 is 0 Å². The van der Waals surface area contributed by atoms with Gasteiger partial charge in [-0.05, 0) is 25.5 Å². The van der Waals surface area contributed by atoms with Crippen LogP contribution in [0.1, 0.15) is 30.7 Å². The van der Waals surface area contributed by atoms with Crippen LogP contribution in [0.5, 0.6) is 0 Å². The zero-order chi connectivity index (χ0) is 16.2. The van der Waals surface area contributed by atoms with Gasteiger partial charge >= 0.3 is 0 Å². The van der Waals surface area contributed by atoms with Crippen molar-refractivity contribution in [2.75, 3.05) is 5.32 Å². The lowest BCUT2D eigenvalue weighted by atomic mass is 10.2. The van der Waals surface area contributed by atoms with Gasteiger partial charge in [0.25, 0.3) is 5.56 Å². The van der Waals surface area contributed by atoms with E-state index in [9.17, 15) is 4.79 Å². The summed E-state index contributed by atoms with van der Waals surface area (Å²) in [5.41, 5.74) is 1.49. The first kappa shape index (κ1) is 15.1. The van der Waals surface area contributed by atoms with Crippen molar-refractivity contribution in [1.29, 1.82) is 0 Å². The van der Waals surface area contributed by atoms with Crippen molar-refractivity contribution in [2.24, 2.45) is 0 Å². The molecule has 0 aliphatic rings. The number of aryl methyl sites for hydroxylation is 2. The fourth-order valence-corrected chi connectivity index (χ4v) is 2.45. The second-order valence-electron chi connectivity index (χ2n) is 5.44. The molecule has 3 rings (SSSR count). The highest BCUT2D eigenvalue weighted by Crippen LogP contribution is 2.10. The monoisotopic (exact) mass is 309 g/mol. The minimum atomic E-state index is -0.127. The number of nitrogens with one attached hydrogen (secondary N) is 2. The first-order chi connectivity index (χ1) is 11.2. The standard InChI is InChI=1S/C17H19N5O/c1-3-6-14-19-11(2)9-15(21-14)18-10-16-20-13-8-5-4-7-12(13)17(23)22-16/h4-5,7-9H,3,6,10H2,1-2H3,(H,18,19,21)(H,20,22,23). The first-order valence-electron chi connectivity index (χ1n) is 7.72. The van der Waals surface area contributed by atoms with Gasteiger partial charge in [-0.1, -0.05) is 19.1 Å². The number of benzene rings is 1. The van der Waals surface area contributed by atoms with Crippen LogP contribution in [0.15, 0.2) is 35.1 Å². The van der Waals surface area contributed by atoms with Crippen LogP contribution >= 0.6 is 0 Å². The summed E-state index contributed by atoms with van der Waals surface area (Å²) in [5.74, 6) is 2.16. The molecule has 0 aliphatic carbocycles. The van der Waals surface area contributed by atoms with E-state index in [1.807, 2.05) is 31.2 Å². The van der Waals surface area contributed by atoms with Gasteiger partial charge in [0.05, 0.1) is 17.4 Å². The smallest absolute Gasteiger partial charge is 0.258 e. The number of H-pyrrole nitrogens is 1. The van der Waals surface area contributed by atoms with Gasteiger partial charge < -0.3 is 10.3 Å². The molecule has 1 aromatic carbocycles. The second kappa shape index (κ2) is 6.56. The molecular formula is C17H19N5O. The maximum Gasteiger partial charge on any atom is 0.258 e. The molecule has 0 radical (unpaired) electrons. The highest BCUT2D eigenvalue weighted by atomic mass is 16.1. The Hall–Kier alpha value is -2.76. The molecule has 0 unspecified atom stereocenters. The lowest BCUT2D eigenvalue weighted by Gasteiger charge is -2.08. The third kappa shape index (κ3) is 3.53. The molecule has 0 aliphatic heterocycles. The summed E-state index contributed by atoms with van der Waals surface area (Å²) >= 11 is 0. The third-order valence-electron chi connectivity index (χ3n) is 3.47. The van der Waals surface area contributed by atoms with Gasteiger partial charge in [-0.2, -0.15) is 0 Å². The van der Waals surface area contributed by atoms with E-state index in [2.05, 4.69) is 32.2 Å². The molecule has 118 valence electrons. The number of hydrogen-bond acceptors (Lipinski definition) is 5. The molecule has 0 spiro atoms. The van der Waals surface area contributed by atoms with Crippen LogP contribution in [0.25, 0.3) is 10.9 Å². The van der Waals surface area contributed by atoms with Crippen LogP contribution < -0.4 is 10.9 Å². The number of anilines is 1. The van der Waals surface area contributed by atoms with Gasteiger partial charge in [0.1, 0.15) is 17.5 Å². The van der Waals surface area contributed by atoms with Crippen molar-refractivity contribution >= 4 is 16.7 Å². The number of fused-ring (bicyclic) bond motifs is 1. The van der Waals surface area contributed by atoms with Gasteiger partial charge in [-0.3, -0.25) is 4.79 Å². The number of para-hydroxylation sites is 1. The first-order valence-corrected chi connectivity index (χ1v) is 7.72. The Morgan fingerprint density at radius 2 is 2.00 bits per heavy atom. The highest BCUT2D eigenvalue weighted by Gasteiger charge is 2.05. The summed E-state index contributed by atoms with van der Waals surface area (Å²) in [6, 6.07) is 9.19. The van der Waals surface area contributed by atoms with E-state index in [4.69, 9.17) is 0 Å². The SMILES string of the molecule is CCCc1nc(C)cc(NCc2nc3ccccc3c(=O)[nH]2)n1. The Morgan fingerprint density at radius 3 is 2.83 bits per heavy atom. The largest absolute Gasteiger partial charge is 0.363 e. The summed E-state index contributed by atoms with van der Waals surface area (Å²) < 4.78 is 0. The minimum Gasteiger partial charge on any atom is -0.363 e. The van der Waals surface area contributed by atoms with Crippen molar-refractivity contribution in [3.8, 4) is 0 Å². The molecule has 0 amide bonds. The summed E-state index contributed by atoms with van der Waals surface area (Å²) in [6.07, 6.45) is 1.85. The number of aromatic nitrogens is 4. The van der Waals surface area contributed by atoms with Gasteiger partial charge in [-0.25, -0.2) is 15.0 Å². The Balaban J connectivity index is 1.82. The summed E-state index contributed by atoms with van der Waals surface area (Å²) in [7, 11) is 0. The molecule has 2 N–H and O–H groups in total. The van der Waals surface area contributed by atoms with Crippen molar-refractivity contribution in [1.82, 2.24) is 19.9 Å². The normalized spacial score (nSPS) is 10.9. The second-order valence-corrected chi connectivity index (χ2v) is 5.44. The van der Waals surface area contributed by atoms with E-state index in [-0.39, 0.29) is 5.56 Å². The van der Waals surface area contributed by atoms with Crippen molar-refractivity contribution < 1.29 is 0 Å². The molecule has 23 heavy (non-hydrogen) atoms. The Morgan fingerprint density at radius 1 is 1.17 bits per heavy atom. The molecule has 0 bridgehead atoms. The fraction of sp³-hybridized carbons (Fsp3) is 0.294. The summed E-state index contributed by atoms with van der Waals surface area (Å²) in [4.78, 5) is 28.2. The molecule has 0 fully saturated rings. The zero-order valence-corrected chi connectivity index (χ0v) is 13.3. The number of rotatable bonds is 5. The molecule has 6 heteroatoms. The van der Waals surface area contributed by atoms with Crippen LogP contribution in [-0.4, -0.2) is 19.9 Å². The maximum atomic E-state index is 12.1. The van der Waals surface area contributed by atoms with Crippen LogP contribution in [0.3, 0.4) is 0 Å².